The summed E-state index contributed by atoms with van der Waals surface area (Å²) in [5.74, 6) is -1.04. The Morgan fingerprint density at radius 3 is 2.77 bits per heavy atom. The van der Waals surface area contributed by atoms with Crippen LogP contribution >= 0.6 is 0 Å². The number of ether oxygens (including phenoxy) is 2. The number of carbonyl (C=O) groups excluding carboxylic acids is 3. The molecular weight excluding hydrogens is 446 g/mol. The molecule has 1 spiro atoms. The lowest BCUT2D eigenvalue weighted by molar-refractivity contribution is -0.141. The van der Waals surface area contributed by atoms with Gasteiger partial charge in [-0.25, -0.2) is 0 Å². The smallest absolute Gasteiger partial charge is 0.246 e. The number of hydrogen-bond donors (Lipinski definition) is 2. The van der Waals surface area contributed by atoms with Gasteiger partial charge in [-0.3, -0.25) is 14.4 Å². The number of rotatable bonds is 7. The maximum absolute atomic E-state index is 13.7. The minimum Gasteiger partial charge on any atom is -0.497 e. The van der Waals surface area contributed by atoms with Crippen LogP contribution in [-0.4, -0.2) is 60.1 Å². The summed E-state index contributed by atoms with van der Waals surface area (Å²) in [6.07, 6.45) is 8.19. The third-order valence-electron chi connectivity index (χ3n) is 8.17. The van der Waals surface area contributed by atoms with Crippen molar-refractivity contribution in [2.45, 2.75) is 69.7 Å². The van der Waals surface area contributed by atoms with Gasteiger partial charge in [-0.15, -0.1) is 0 Å². The van der Waals surface area contributed by atoms with Gasteiger partial charge in [-0.05, 0) is 37.3 Å². The summed E-state index contributed by atoms with van der Waals surface area (Å²) in [7, 11) is 1.57. The zero-order chi connectivity index (χ0) is 24.7. The molecule has 4 aliphatic rings. The molecule has 8 heteroatoms. The molecule has 188 valence electrons. The number of methoxy groups -OCH3 is 1. The van der Waals surface area contributed by atoms with Crippen molar-refractivity contribution in [1.29, 1.82) is 0 Å². The fourth-order valence-corrected chi connectivity index (χ4v) is 6.47. The van der Waals surface area contributed by atoms with Gasteiger partial charge in [0.1, 0.15) is 17.4 Å². The molecule has 8 nitrogen and oxygen atoms in total. The van der Waals surface area contributed by atoms with Crippen LogP contribution in [0.3, 0.4) is 0 Å². The molecule has 2 bridgehead atoms. The van der Waals surface area contributed by atoms with Crippen LogP contribution in [0.2, 0.25) is 0 Å². The third-order valence-corrected chi connectivity index (χ3v) is 8.17. The van der Waals surface area contributed by atoms with Crippen molar-refractivity contribution in [1.82, 2.24) is 10.2 Å². The van der Waals surface area contributed by atoms with Gasteiger partial charge in [0, 0.05) is 24.3 Å². The van der Waals surface area contributed by atoms with E-state index in [1.807, 2.05) is 19.1 Å². The molecule has 5 unspecified atom stereocenters. The molecule has 1 aromatic rings. The second-order valence-electron chi connectivity index (χ2n) is 10.3. The van der Waals surface area contributed by atoms with Crippen LogP contribution < -0.4 is 15.4 Å². The lowest BCUT2D eigenvalue weighted by atomic mass is 9.74. The average Bonchev–Trinajstić information content (AvgIpc) is 3.48. The fourth-order valence-electron chi connectivity index (χ4n) is 6.47. The highest BCUT2D eigenvalue weighted by Gasteiger charge is 2.72. The van der Waals surface area contributed by atoms with Gasteiger partial charge in [0.2, 0.25) is 17.7 Å². The van der Waals surface area contributed by atoms with E-state index in [-0.39, 0.29) is 23.8 Å². The standard InChI is InChI=1S/C27H35N3O5/c1-4-14-30-23(25(32)29-19-11-6-5-8-16(19)2)27-13-12-20(35-27)21(22(27)26(30)33)24(31)28-17-9-7-10-18(15-17)34-3/h7,9-10,12-13,15-16,19-23H,4-6,8,11,14H2,1-3H3,(H,28,31)(H,29,32)/t16?,19?,20-,21?,22-,23?,27?/m1/s1. The van der Waals surface area contributed by atoms with Crippen molar-refractivity contribution in [2.75, 3.05) is 19.0 Å². The zero-order valence-electron chi connectivity index (χ0n) is 20.7. The molecular formula is C27H35N3O5. The largest absolute Gasteiger partial charge is 0.497 e. The molecule has 35 heavy (non-hydrogen) atoms. The van der Waals surface area contributed by atoms with Gasteiger partial charge < -0.3 is 25.0 Å². The molecule has 0 radical (unpaired) electrons. The molecule has 7 atom stereocenters. The number of amides is 3. The van der Waals surface area contributed by atoms with E-state index in [0.29, 0.717) is 30.3 Å². The molecule has 1 aliphatic carbocycles. The second kappa shape index (κ2) is 9.30. The zero-order valence-corrected chi connectivity index (χ0v) is 20.7. The second-order valence-corrected chi connectivity index (χ2v) is 10.3. The molecule has 2 saturated heterocycles. The Bertz CT molecular complexity index is 1040. The van der Waals surface area contributed by atoms with E-state index in [1.54, 1.807) is 36.3 Å². The minimum absolute atomic E-state index is 0.0972. The molecule has 3 amide bonds. The number of likely N-dealkylation sites (tertiary alicyclic amines) is 1. The van der Waals surface area contributed by atoms with Crippen LogP contribution in [0.5, 0.6) is 5.75 Å². The predicted molar refractivity (Wildman–Crippen MR) is 131 cm³/mol. The van der Waals surface area contributed by atoms with E-state index in [2.05, 4.69) is 17.6 Å². The van der Waals surface area contributed by atoms with Gasteiger partial charge >= 0.3 is 0 Å². The highest BCUT2D eigenvalue weighted by Crippen LogP contribution is 2.55. The van der Waals surface area contributed by atoms with Gasteiger partial charge in [-0.1, -0.05) is 44.9 Å². The first kappa shape index (κ1) is 23.9. The summed E-state index contributed by atoms with van der Waals surface area (Å²) >= 11 is 0. The summed E-state index contributed by atoms with van der Waals surface area (Å²) < 4.78 is 11.6. The minimum atomic E-state index is -1.12. The van der Waals surface area contributed by atoms with Gasteiger partial charge in [-0.2, -0.15) is 0 Å². The lowest BCUT2D eigenvalue weighted by Gasteiger charge is -2.35. The fraction of sp³-hybridized carbons (Fsp3) is 0.593. The first-order valence-corrected chi connectivity index (χ1v) is 12.8. The molecule has 5 rings (SSSR count). The number of anilines is 1. The van der Waals surface area contributed by atoms with Crippen molar-refractivity contribution in [3.63, 3.8) is 0 Å². The number of benzene rings is 1. The molecule has 1 saturated carbocycles. The topological polar surface area (TPSA) is 97.0 Å². The predicted octanol–water partition coefficient (Wildman–Crippen LogP) is 2.89. The molecule has 3 fully saturated rings. The van der Waals surface area contributed by atoms with Crippen LogP contribution in [0.4, 0.5) is 5.69 Å². The van der Waals surface area contributed by atoms with Crippen molar-refractivity contribution in [2.24, 2.45) is 17.8 Å². The van der Waals surface area contributed by atoms with Crippen molar-refractivity contribution in [3.05, 3.63) is 36.4 Å². The number of fused-ring (bicyclic) bond motifs is 1. The number of nitrogens with one attached hydrogen (secondary N) is 2. The monoisotopic (exact) mass is 481 g/mol. The van der Waals surface area contributed by atoms with Gasteiger partial charge in [0.05, 0.1) is 25.0 Å². The van der Waals surface area contributed by atoms with Crippen LogP contribution in [0.25, 0.3) is 0 Å². The van der Waals surface area contributed by atoms with E-state index < -0.39 is 29.6 Å². The Kier molecular flexibility index (Phi) is 6.34. The normalized spacial score (nSPS) is 35.2. The lowest BCUT2D eigenvalue weighted by Crippen LogP contribution is -2.57. The van der Waals surface area contributed by atoms with Crippen molar-refractivity contribution >= 4 is 23.4 Å². The summed E-state index contributed by atoms with van der Waals surface area (Å²) in [5, 5.41) is 6.18. The summed E-state index contributed by atoms with van der Waals surface area (Å²) in [5.41, 5.74) is -0.526. The Morgan fingerprint density at radius 1 is 1.23 bits per heavy atom. The maximum atomic E-state index is 13.7. The highest BCUT2D eigenvalue weighted by molar-refractivity contribution is 6.02. The van der Waals surface area contributed by atoms with Crippen LogP contribution in [-0.2, 0) is 19.1 Å². The molecule has 3 heterocycles. The third kappa shape index (κ3) is 3.92. The maximum Gasteiger partial charge on any atom is 0.246 e. The van der Waals surface area contributed by atoms with E-state index in [1.165, 1.54) is 6.42 Å². The van der Waals surface area contributed by atoms with Crippen LogP contribution in [0.15, 0.2) is 36.4 Å². The van der Waals surface area contributed by atoms with Crippen molar-refractivity contribution in [3.8, 4) is 5.75 Å². The van der Waals surface area contributed by atoms with E-state index >= 15 is 0 Å². The summed E-state index contributed by atoms with van der Waals surface area (Å²) in [6, 6.07) is 6.43. The van der Waals surface area contributed by atoms with Crippen LogP contribution in [0.1, 0.15) is 46.0 Å². The molecule has 0 aromatic heterocycles. The molecule has 2 N–H and O–H groups in total. The summed E-state index contributed by atoms with van der Waals surface area (Å²) in [4.78, 5) is 42.5. The summed E-state index contributed by atoms with van der Waals surface area (Å²) in [6.45, 7) is 4.60. The van der Waals surface area contributed by atoms with Gasteiger partial charge in [0.25, 0.3) is 0 Å². The number of carbonyl (C=O) groups is 3. The Balaban J connectivity index is 1.42. The Hall–Kier alpha value is -2.87. The molecule has 1 aromatic carbocycles. The quantitative estimate of drug-likeness (QED) is 0.584. The average molecular weight is 482 g/mol. The number of hydrogen-bond acceptors (Lipinski definition) is 5. The van der Waals surface area contributed by atoms with Crippen LogP contribution in [0, 0.1) is 17.8 Å². The first-order valence-electron chi connectivity index (χ1n) is 12.8. The highest BCUT2D eigenvalue weighted by atomic mass is 16.5. The molecule has 3 aliphatic heterocycles. The van der Waals surface area contributed by atoms with E-state index in [9.17, 15) is 14.4 Å². The SMILES string of the molecule is CCCN1C(=O)[C@H]2C(C(=O)Nc3cccc(OC)c3)[C@H]3C=CC2(O3)C1C(=O)NC1CCCCC1C. The van der Waals surface area contributed by atoms with E-state index in [4.69, 9.17) is 9.47 Å². The Labute approximate surface area is 206 Å². The first-order chi connectivity index (χ1) is 16.9. The van der Waals surface area contributed by atoms with Crippen molar-refractivity contribution < 1.29 is 23.9 Å². The number of nitrogens with zero attached hydrogens (tertiary/aromatic N) is 1. The van der Waals surface area contributed by atoms with Gasteiger partial charge in [0.15, 0.2) is 0 Å². The van der Waals surface area contributed by atoms with E-state index in [0.717, 1.165) is 19.3 Å². The Morgan fingerprint density at radius 2 is 2.03 bits per heavy atom.